The Labute approximate surface area is 129 Å². The second-order valence-corrected chi connectivity index (χ2v) is 4.52. The normalized spacial score (nSPS) is 12.3. The molecule has 1 heterocycles. The second kappa shape index (κ2) is 5.72. The van der Waals surface area contributed by atoms with Gasteiger partial charge in [0.15, 0.2) is 0 Å². The minimum Gasteiger partial charge on any atom is -0.457 e. The van der Waals surface area contributed by atoms with Gasteiger partial charge in [0.2, 0.25) is 0 Å². The topological polar surface area (TPSA) is 96.0 Å². The zero-order chi connectivity index (χ0) is 16.4. The number of cyclic esters (lactones) is 2. The maximum atomic E-state index is 11.5. The first-order valence-electron chi connectivity index (χ1n) is 6.41. The average Bonchev–Trinajstić information content (AvgIpc) is 2.82. The number of esters is 3. The van der Waals surface area contributed by atoms with Crippen molar-refractivity contribution in [3.8, 4) is 11.5 Å². The first-order valence-corrected chi connectivity index (χ1v) is 6.41. The van der Waals surface area contributed by atoms with Gasteiger partial charge >= 0.3 is 24.4 Å². The maximum absolute atomic E-state index is 11.5. The molecule has 0 atom stereocenters. The summed E-state index contributed by atoms with van der Waals surface area (Å²) in [4.78, 5) is 44.5. The van der Waals surface area contributed by atoms with Crippen LogP contribution >= 0.6 is 0 Å². The molecule has 0 aromatic heterocycles. The fourth-order valence-corrected chi connectivity index (χ4v) is 2.06. The number of hydrogen-bond acceptors (Lipinski definition) is 7. The Kier molecular flexibility index (Phi) is 3.60. The minimum absolute atomic E-state index is 0.0407. The van der Waals surface area contributed by atoms with E-state index in [2.05, 4.69) is 9.47 Å². The highest BCUT2D eigenvalue weighted by atomic mass is 16.6. The van der Waals surface area contributed by atoms with Crippen LogP contribution in [-0.4, -0.2) is 24.4 Å². The van der Waals surface area contributed by atoms with Crippen molar-refractivity contribution in [1.29, 1.82) is 0 Å². The van der Waals surface area contributed by atoms with Crippen molar-refractivity contribution < 1.29 is 33.4 Å². The van der Waals surface area contributed by atoms with E-state index in [9.17, 15) is 19.2 Å². The number of fused-ring (bicyclic) bond motifs is 1. The molecule has 0 saturated heterocycles. The third kappa shape index (κ3) is 2.80. The van der Waals surface area contributed by atoms with Crippen LogP contribution in [0.4, 0.5) is 0 Å². The number of carbonyl (C=O) groups is 4. The molecule has 2 aromatic carbocycles. The van der Waals surface area contributed by atoms with Crippen molar-refractivity contribution in [3.63, 3.8) is 0 Å². The predicted octanol–water partition coefficient (Wildman–Crippen LogP) is 2.10. The lowest BCUT2D eigenvalue weighted by Crippen LogP contribution is -2.03. The Morgan fingerprint density at radius 1 is 0.957 bits per heavy atom. The maximum Gasteiger partial charge on any atom is 0.347 e. The van der Waals surface area contributed by atoms with Gasteiger partial charge in [0.25, 0.3) is 0 Å². The molecule has 2 aromatic rings. The Morgan fingerprint density at radius 3 is 2.48 bits per heavy atom. The molecule has 0 unspecified atom stereocenters. The van der Waals surface area contributed by atoms with E-state index in [-0.39, 0.29) is 28.9 Å². The summed E-state index contributed by atoms with van der Waals surface area (Å²) in [5.74, 6) is -1.67. The summed E-state index contributed by atoms with van der Waals surface area (Å²) in [5, 5.41) is 0. The smallest absolute Gasteiger partial charge is 0.347 e. The van der Waals surface area contributed by atoms with Crippen LogP contribution in [0.25, 0.3) is 0 Å². The summed E-state index contributed by atoms with van der Waals surface area (Å²) in [6, 6.07) is 10.2. The molecule has 0 spiro atoms. The predicted molar refractivity (Wildman–Crippen MR) is 74.2 cm³/mol. The molecule has 0 radical (unpaired) electrons. The molecular weight excluding hydrogens is 304 g/mol. The molecule has 0 bridgehead atoms. The van der Waals surface area contributed by atoms with E-state index in [1.54, 1.807) is 12.1 Å². The van der Waals surface area contributed by atoms with Crippen LogP contribution in [0, 0.1) is 0 Å². The van der Waals surface area contributed by atoms with Crippen molar-refractivity contribution in [2.45, 2.75) is 0 Å². The first kappa shape index (κ1) is 14.5. The Morgan fingerprint density at radius 2 is 1.70 bits per heavy atom. The number of ether oxygens (including phenoxy) is 3. The number of carbonyl (C=O) groups excluding carboxylic acids is 4. The first-order chi connectivity index (χ1) is 11.1. The van der Waals surface area contributed by atoms with Gasteiger partial charge < -0.3 is 14.2 Å². The fraction of sp³-hybridized carbons (Fsp3) is 0. The molecule has 3 rings (SSSR count). The van der Waals surface area contributed by atoms with Crippen molar-refractivity contribution in [2.75, 3.05) is 0 Å². The Bertz CT molecular complexity index is 838. The molecule has 114 valence electrons. The Balaban J connectivity index is 1.86. The highest BCUT2D eigenvalue weighted by Crippen LogP contribution is 2.28. The summed E-state index contributed by atoms with van der Waals surface area (Å²) in [7, 11) is 0. The van der Waals surface area contributed by atoms with Gasteiger partial charge in [-0.3, -0.25) is 4.79 Å². The fourth-order valence-electron chi connectivity index (χ4n) is 2.06. The van der Waals surface area contributed by atoms with Crippen LogP contribution in [-0.2, 0) is 14.3 Å². The van der Waals surface area contributed by atoms with Gasteiger partial charge in [-0.15, -0.1) is 0 Å². The largest absolute Gasteiger partial charge is 0.457 e. The summed E-state index contributed by atoms with van der Waals surface area (Å²) in [6.07, 6.45) is 0. The lowest BCUT2D eigenvalue weighted by molar-refractivity contribution is -0.123. The van der Waals surface area contributed by atoms with Crippen LogP contribution in [0.2, 0.25) is 0 Å². The van der Waals surface area contributed by atoms with Gasteiger partial charge in [-0.05, 0) is 36.4 Å². The number of hydrogen-bond donors (Lipinski definition) is 0. The van der Waals surface area contributed by atoms with Crippen LogP contribution in [0.5, 0.6) is 11.5 Å². The minimum atomic E-state index is -0.812. The molecule has 7 nitrogen and oxygen atoms in total. The van der Waals surface area contributed by atoms with Crippen molar-refractivity contribution in [2.24, 2.45) is 0 Å². The van der Waals surface area contributed by atoms with Gasteiger partial charge in [-0.25, -0.2) is 14.4 Å². The summed E-state index contributed by atoms with van der Waals surface area (Å²) in [5.41, 5.74) is 0.417. The van der Waals surface area contributed by atoms with Gasteiger partial charge in [-0.1, -0.05) is 6.07 Å². The van der Waals surface area contributed by atoms with Crippen LogP contribution in [0.15, 0.2) is 42.5 Å². The van der Waals surface area contributed by atoms with E-state index in [1.807, 2.05) is 0 Å². The van der Waals surface area contributed by atoms with Gasteiger partial charge in [0, 0.05) is 0 Å². The summed E-state index contributed by atoms with van der Waals surface area (Å²) >= 11 is 0. The van der Waals surface area contributed by atoms with E-state index in [0.717, 1.165) is 0 Å². The second-order valence-electron chi connectivity index (χ2n) is 4.52. The van der Waals surface area contributed by atoms with Crippen molar-refractivity contribution >= 4 is 24.4 Å². The average molecular weight is 312 g/mol. The molecule has 7 heteroatoms. The lowest BCUT2D eigenvalue weighted by atomic mass is 10.1. The molecule has 0 aliphatic carbocycles. The van der Waals surface area contributed by atoms with Crippen LogP contribution in [0.3, 0.4) is 0 Å². The van der Waals surface area contributed by atoms with E-state index in [0.29, 0.717) is 5.75 Å². The SMILES string of the molecule is O=COC(=O)c1cccc(Oc2ccc3c(c2)C(=O)OC3=O)c1. The van der Waals surface area contributed by atoms with Gasteiger partial charge in [0.1, 0.15) is 11.5 Å². The number of rotatable bonds is 4. The molecule has 0 amide bonds. The summed E-state index contributed by atoms with van der Waals surface area (Å²) < 4.78 is 14.3. The zero-order valence-electron chi connectivity index (χ0n) is 11.5. The zero-order valence-corrected chi connectivity index (χ0v) is 11.5. The Hall–Kier alpha value is -3.48. The van der Waals surface area contributed by atoms with Crippen molar-refractivity contribution in [3.05, 3.63) is 59.2 Å². The van der Waals surface area contributed by atoms with Crippen molar-refractivity contribution in [1.82, 2.24) is 0 Å². The standard InChI is InChI=1S/C16H8O7/c17-8-21-14(18)9-2-1-3-10(6-9)22-11-4-5-12-13(7-11)16(20)23-15(12)19/h1-8H. The third-order valence-corrected chi connectivity index (χ3v) is 3.08. The lowest BCUT2D eigenvalue weighted by Gasteiger charge is -2.07. The van der Waals surface area contributed by atoms with E-state index in [1.165, 1.54) is 30.3 Å². The summed E-state index contributed by atoms with van der Waals surface area (Å²) in [6.45, 7) is 0.0407. The van der Waals surface area contributed by atoms with Gasteiger partial charge in [-0.2, -0.15) is 0 Å². The molecule has 1 aliphatic heterocycles. The molecule has 1 aliphatic rings. The monoisotopic (exact) mass is 312 g/mol. The van der Waals surface area contributed by atoms with Crippen LogP contribution < -0.4 is 4.74 Å². The van der Waals surface area contributed by atoms with E-state index < -0.39 is 17.9 Å². The highest BCUT2D eigenvalue weighted by molar-refractivity contribution is 6.14. The molecule has 0 fully saturated rings. The highest BCUT2D eigenvalue weighted by Gasteiger charge is 2.29. The van der Waals surface area contributed by atoms with E-state index >= 15 is 0 Å². The third-order valence-electron chi connectivity index (χ3n) is 3.08. The van der Waals surface area contributed by atoms with Crippen LogP contribution in [0.1, 0.15) is 31.1 Å². The molecular formula is C16H8O7. The molecule has 23 heavy (non-hydrogen) atoms. The quantitative estimate of drug-likeness (QED) is 0.484. The molecule has 0 saturated carbocycles. The molecule has 0 N–H and O–H groups in total. The number of benzene rings is 2. The van der Waals surface area contributed by atoms with E-state index in [4.69, 9.17) is 4.74 Å². The van der Waals surface area contributed by atoms with Gasteiger partial charge in [0.05, 0.1) is 16.7 Å².